The molecule has 1 aliphatic rings. The number of likely N-dealkylation sites (tertiary alicyclic amines) is 1. The number of carbonyl (C=O) groups is 2. The highest BCUT2D eigenvalue weighted by molar-refractivity contribution is 6.46. The highest BCUT2D eigenvalue weighted by atomic mass is 16.5. The van der Waals surface area contributed by atoms with Crippen LogP contribution in [0.2, 0.25) is 0 Å². The zero-order valence-corrected chi connectivity index (χ0v) is 23.0. The van der Waals surface area contributed by atoms with Crippen molar-refractivity contribution in [1.82, 2.24) is 4.90 Å². The maximum Gasteiger partial charge on any atom is 0.295 e. The largest absolute Gasteiger partial charge is 0.507 e. The first-order valence-corrected chi connectivity index (χ1v) is 13.1. The minimum absolute atomic E-state index is 0.0243. The van der Waals surface area contributed by atoms with E-state index in [-0.39, 0.29) is 24.0 Å². The molecule has 1 unspecified atom stereocenters. The van der Waals surface area contributed by atoms with E-state index in [0.29, 0.717) is 40.9 Å². The number of ether oxygens (including phenoxy) is 3. The van der Waals surface area contributed by atoms with Crippen molar-refractivity contribution < 1.29 is 28.9 Å². The molecule has 3 aromatic rings. The molecule has 1 amide bonds. The van der Waals surface area contributed by atoms with Gasteiger partial charge in [-0.15, -0.1) is 0 Å². The second kappa shape index (κ2) is 12.1. The van der Waals surface area contributed by atoms with Crippen LogP contribution < -0.4 is 14.2 Å². The summed E-state index contributed by atoms with van der Waals surface area (Å²) >= 11 is 0. The fourth-order valence-corrected chi connectivity index (χ4v) is 4.50. The van der Waals surface area contributed by atoms with Gasteiger partial charge in [0, 0.05) is 12.1 Å². The van der Waals surface area contributed by atoms with Gasteiger partial charge in [0.05, 0.1) is 31.4 Å². The molecule has 1 atom stereocenters. The molecule has 0 aromatic heterocycles. The number of nitrogens with zero attached hydrogens (tertiary/aromatic N) is 1. The Kier molecular flexibility index (Phi) is 8.59. The third-order valence-electron chi connectivity index (χ3n) is 6.29. The van der Waals surface area contributed by atoms with Crippen molar-refractivity contribution in [3.63, 3.8) is 0 Å². The van der Waals surface area contributed by atoms with E-state index in [0.717, 1.165) is 5.56 Å². The Morgan fingerprint density at radius 3 is 2.26 bits per heavy atom. The molecule has 0 saturated carbocycles. The van der Waals surface area contributed by atoms with Crippen LogP contribution in [0.15, 0.2) is 78.4 Å². The van der Waals surface area contributed by atoms with E-state index < -0.39 is 17.7 Å². The molecule has 0 bridgehead atoms. The first-order chi connectivity index (χ1) is 18.7. The fraction of sp³-hybridized carbons (Fsp3) is 0.312. The van der Waals surface area contributed by atoms with Gasteiger partial charge in [-0.1, -0.05) is 50.2 Å². The van der Waals surface area contributed by atoms with Gasteiger partial charge in [0.1, 0.15) is 23.0 Å². The Labute approximate surface area is 229 Å². The third-order valence-corrected chi connectivity index (χ3v) is 6.29. The van der Waals surface area contributed by atoms with E-state index in [1.54, 1.807) is 43.5 Å². The van der Waals surface area contributed by atoms with Gasteiger partial charge in [-0.25, -0.2) is 0 Å². The van der Waals surface area contributed by atoms with E-state index in [2.05, 4.69) is 0 Å². The number of Topliss-reactive ketones (excluding diaryl/α,β-unsaturated/α-hetero) is 1. The van der Waals surface area contributed by atoms with Crippen molar-refractivity contribution in [2.75, 3.05) is 13.7 Å². The Balaban J connectivity index is 1.80. The highest BCUT2D eigenvalue weighted by Gasteiger charge is 2.46. The smallest absolute Gasteiger partial charge is 0.295 e. The molecular formula is C32H35NO6. The Morgan fingerprint density at radius 2 is 1.59 bits per heavy atom. The van der Waals surface area contributed by atoms with E-state index in [1.165, 1.54) is 4.90 Å². The molecule has 1 N–H and O–H groups in total. The molecule has 4 rings (SSSR count). The molecule has 7 heteroatoms. The summed E-state index contributed by atoms with van der Waals surface area (Å²) in [6.45, 7) is 8.63. The number of aliphatic hydroxyl groups excluding tert-OH is 1. The first-order valence-electron chi connectivity index (χ1n) is 13.1. The zero-order valence-electron chi connectivity index (χ0n) is 23.0. The van der Waals surface area contributed by atoms with E-state index in [1.807, 2.05) is 64.1 Å². The van der Waals surface area contributed by atoms with Crippen LogP contribution in [0.1, 0.15) is 50.4 Å². The van der Waals surface area contributed by atoms with Gasteiger partial charge in [0.2, 0.25) is 0 Å². The Morgan fingerprint density at radius 1 is 0.897 bits per heavy atom. The van der Waals surface area contributed by atoms with Crippen molar-refractivity contribution in [2.45, 2.75) is 46.4 Å². The summed E-state index contributed by atoms with van der Waals surface area (Å²) in [6, 6.07) is 20.7. The molecule has 0 radical (unpaired) electrons. The van der Waals surface area contributed by atoms with Crippen LogP contribution >= 0.6 is 0 Å². The lowest BCUT2D eigenvalue weighted by molar-refractivity contribution is -0.140. The monoisotopic (exact) mass is 529 g/mol. The lowest BCUT2D eigenvalue weighted by atomic mass is 9.95. The molecule has 1 heterocycles. The standard InChI is InChI=1S/C32H35NO6/c1-20(2)19-38-26-10-7-9-24(17-26)30(34)28-29(23-8-6-11-27(16-23)39-21(3)4)33(32(36)31(28)35)18-22-12-14-25(37-5)15-13-22/h6-17,20-21,29,34H,18-19H2,1-5H3/b30-28-. The van der Waals surface area contributed by atoms with Crippen LogP contribution in [0.25, 0.3) is 5.76 Å². The van der Waals surface area contributed by atoms with Crippen molar-refractivity contribution >= 4 is 17.4 Å². The minimum atomic E-state index is -0.817. The summed E-state index contributed by atoms with van der Waals surface area (Å²) in [5, 5.41) is 11.5. The average Bonchev–Trinajstić information content (AvgIpc) is 3.17. The number of ketones is 1. The zero-order chi connectivity index (χ0) is 28.1. The van der Waals surface area contributed by atoms with Gasteiger partial charge in [-0.2, -0.15) is 0 Å². The summed E-state index contributed by atoms with van der Waals surface area (Å²) in [6.07, 6.45) is -0.0560. The number of benzene rings is 3. The molecule has 1 fully saturated rings. The second-order valence-corrected chi connectivity index (χ2v) is 10.2. The van der Waals surface area contributed by atoms with E-state index in [4.69, 9.17) is 14.2 Å². The minimum Gasteiger partial charge on any atom is -0.507 e. The molecule has 3 aromatic carbocycles. The van der Waals surface area contributed by atoms with Crippen molar-refractivity contribution in [2.24, 2.45) is 5.92 Å². The Hall–Kier alpha value is -4.26. The summed E-state index contributed by atoms with van der Waals surface area (Å²) in [7, 11) is 1.59. The number of carbonyl (C=O) groups excluding carboxylic acids is 2. The van der Waals surface area contributed by atoms with Gasteiger partial charge in [0.15, 0.2) is 0 Å². The molecule has 39 heavy (non-hydrogen) atoms. The molecule has 1 saturated heterocycles. The van der Waals surface area contributed by atoms with Crippen molar-refractivity contribution in [3.05, 3.63) is 95.1 Å². The van der Waals surface area contributed by atoms with Gasteiger partial charge in [-0.3, -0.25) is 9.59 Å². The van der Waals surface area contributed by atoms with Crippen LogP contribution in [0.5, 0.6) is 17.2 Å². The number of methoxy groups -OCH3 is 1. The average molecular weight is 530 g/mol. The van der Waals surface area contributed by atoms with Crippen LogP contribution in [-0.2, 0) is 16.1 Å². The first kappa shape index (κ1) is 27.8. The van der Waals surface area contributed by atoms with Crippen molar-refractivity contribution in [3.8, 4) is 17.2 Å². The second-order valence-electron chi connectivity index (χ2n) is 10.2. The molecule has 204 valence electrons. The van der Waals surface area contributed by atoms with Crippen LogP contribution in [-0.4, -0.2) is 41.5 Å². The molecular weight excluding hydrogens is 494 g/mol. The maximum atomic E-state index is 13.5. The van der Waals surface area contributed by atoms with E-state index >= 15 is 0 Å². The fourth-order valence-electron chi connectivity index (χ4n) is 4.50. The summed E-state index contributed by atoms with van der Waals surface area (Å²) in [5.74, 6) is 0.530. The van der Waals surface area contributed by atoms with Gasteiger partial charge >= 0.3 is 0 Å². The van der Waals surface area contributed by atoms with Gasteiger partial charge in [0.25, 0.3) is 11.7 Å². The summed E-state index contributed by atoms with van der Waals surface area (Å²) in [5.41, 5.74) is 1.91. The predicted octanol–water partition coefficient (Wildman–Crippen LogP) is 6.14. The normalized spacial score (nSPS) is 16.7. The summed E-state index contributed by atoms with van der Waals surface area (Å²) < 4.78 is 17.0. The summed E-state index contributed by atoms with van der Waals surface area (Å²) in [4.78, 5) is 28.4. The molecule has 1 aliphatic heterocycles. The number of hydrogen-bond acceptors (Lipinski definition) is 6. The van der Waals surface area contributed by atoms with Crippen molar-refractivity contribution in [1.29, 1.82) is 0 Å². The molecule has 7 nitrogen and oxygen atoms in total. The number of rotatable bonds is 10. The predicted molar refractivity (Wildman–Crippen MR) is 150 cm³/mol. The molecule has 0 spiro atoms. The van der Waals surface area contributed by atoms with Gasteiger partial charge in [-0.05, 0) is 67.3 Å². The van der Waals surface area contributed by atoms with Crippen LogP contribution in [0.3, 0.4) is 0 Å². The third kappa shape index (κ3) is 6.42. The number of hydrogen-bond donors (Lipinski definition) is 1. The lowest BCUT2D eigenvalue weighted by Crippen LogP contribution is -2.29. The van der Waals surface area contributed by atoms with Gasteiger partial charge < -0.3 is 24.2 Å². The quantitative estimate of drug-likeness (QED) is 0.193. The number of aliphatic hydroxyl groups is 1. The lowest BCUT2D eigenvalue weighted by Gasteiger charge is -2.26. The van der Waals surface area contributed by atoms with E-state index in [9.17, 15) is 14.7 Å². The number of amides is 1. The van der Waals surface area contributed by atoms with Crippen LogP contribution in [0.4, 0.5) is 0 Å². The topological polar surface area (TPSA) is 85.3 Å². The SMILES string of the molecule is COc1ccc(CN2C(=O)C(=O)/C(=C(\O)c3cccc(OCC(C)C)c3)C2c2cccc(OC(C)C)c2)cc1. The van der Waals surface area contributed by atoms with Crippen LogP contribution in [0, 0.1) is 5.92 Å². The highest BCUT2D eigenvalue weighted by Crippen LogP contribution is 2.41. The maximum absolute atomic E-state index is 13.5. The molecule has 0 aliphatic carbocycles. The Bertz CT molecular complexity index is 1360.